The van der Waals surface area contributed by atoms with Crippen LogP contribution < -0.4 is 0 Å². The maximum atomic E-state index is 12.5. The summed E-state index contributed by atoms with van der Waals surface area (Å²) in [4.78, 5) is 16.8. The predicted octanol–water partition coefficient (Wildman–Crippen LogP) is 3.77. The van der Waals surface area contributed by atoms with Crippen molar-refractivity contribution in [3.05, 3.63) is 75.8 Å². The molecule has 0 aliphatic rings. The molecule has 0 fully saturated rings. The summed E-state index contributed by atoms with van der Waals surface area (Å²) in [6, 6.07) is 13.1. The lowest BCUT2D eigenvalue weighted by atomic mass is 10.0. The molecule has 0 saturated heterocycles. The Morgan fingerprint density at radius 1 is 1.19 bits per heavy atom. The van der Waals surface area contributed by atoms with Gasteiger partial charge in [0, 0.05) is 29.3 Å². The molecule has 3 aromatic rings. The summed E-state index contributed by atoms with van der Waals surface area (Å²) in [6.45, 7) is 3.70. The number of aromatic nitrogens is 3. The number of aliphatic hydroxyl groups excluding tert-OH is 1. The van der Waals surface area contributed by atoms with Gasteiger partial charge in [0.2, 0.25) is 0 Å². The van der Waals surface area contributed by atoms with Crippen LogP contribution >= 0.6 is 11.6 Å². The quantitative estimate of drug-likeness (QED) is 0.674. The highest BCUT2D eigenvalue weighted by Crippen LogP contribution is 2.18. The number of nitrogens with zero attached hydrogens (tertiary/aromatic N) is 3. The normalized spacial score (nSPS) is 11.0. The van der Waals surface area contributed by atoms with Crippen molar-refractivity contribution in [2.24, 2.45) is 0 Å². The maximum Gasteiger partial charge on any atom is 0.137 e. The second-order valence-electron chi connectivity index (χ2n) is 6.59. The third-order valence-corrected chi connectivity index (χ3v) is 4.66. The lowest BCUT2D eigenvalue weighted by Gasteiger charge is -2.09. The van der Waals surface area contributed by atoms with E-state index in [9.17, 15) is 4.79 Å². The van der Waals surface area contributed by atoms with Crippen molar-refractivity contribution < 1.29 is 9.90 Å². The zero-order valence-electron chi connectivity index (χ0n) is 15.4. The first-order valence-corrected chi connectivity index (χ1v) is 9.23. The lowest BCUT2D eigenvalue weighted by Crippen LogP contribution is -2.09. The molecular weight excluding hydrogens is 362 g/mol. The number of hydrogen-bond acceptors (Lipinski definition) is 4. The average Bonchev–Trinajstić information content (AvgIpc) is 3.02. The van der Waals surface area contributed by atoms with Gasteiger partial charge in [-0.25, -0.2) is 4.68 Å². The molecule has 0 saturated carbocycles. The number of hydrogen-bond donors (Lipinski definition) is 1. The molecule has 1 aromatic carbocycles. The van der Waals surface area contributed by atoms with Crippen LogP contribution in [-0.2, 0) is 24.2 Å². The van der Waals surface area contributed by atoms with Crippen LogP contribution in [0.4, 0.5) is 0 Å². The second kappa shape index (κ2) is 8.46. The van der Waals surface area contributed by atoms with E-state index in [0.717, 1.165) is 28.3 Å². The number of halogens is 1. The number of carbonyl (C=O) groups is 1. The fourth-order valence-electron chi connectivity index (χ4n) is 3.05. The minimum absolute atomic E-state index is 0.0953. The van der Waals surface area contributed by atoms with E-state index in [1.165, 1.54) is 0 Å². The Morgan fingerprint density at radius 2 is 2.00 bits per heavy atom. The van der Waals surface area contributed by atoms with Crippen LogP contribution in [0.15, 0.2) is 42.5 Å². The van der Waals surface area contributed by atoms with Gasteiger partial charge in [0.15, 0.2) is 0 Å². The van der Waals surface area contributed by atoms with Crippen molar-refractivity contribution >= 4 is 17.4 Å². The van der Waals surface area contributed by atoms with Gasteiger partial charge in [-0.2, -0.15) is 5.10 Å². The summed E-state index contributed by atoms with van der Waals surface area (Å²) < 4.78 is 1.84. The fourth-order valence-corrected chi connectivity index (χ4v) is 3.23. The van der Waals surface area contributed by atoms with Crippen LogP contribution in [0.3, 0.4) is 0 Å². The van der Waals surface area contributed by atoms with E-state index in [1.54, 1.807) is 6.07 Å². The summed E-state index contributed by atoms with van der Waals surface area (Å²) in [5.74, 6) is 0.146. The van der Waals surface area contributed by atoms with Gasteiger partial charge in [0.05, 0.1) is 23.7 Å². The molecule has 5 nitrogen and oxygen atoms in total. The number of benzene rings is 1. The van der Waals surface area contributed by atoms with Crippen LogP contribution in [0.25, 0.3) is 5.69 Å². The van der Waals surface area contributed by atoms with Crippen molar-refractivity contribution in [2.45, 2.75) is 39.7 Å². The Hall–Kier alpha value is -2.50. The van der Waals surface area contributed by atoms with Gasteiger partial charge in [-0.3, -0.25) is 9.78 Å². The van der Waals surface area contributed by atoms with Crippen molar-refractivity contribution in [3.8, 4) is 5.69 Å². The summed E-state index contributed by atoms with van der Waals surface area (Å²) in [5.41, 5.74) is 5.07. The number of pyridine rings is 1. The largest absolute Gasteiger partial charge is 0.390 e. The molecule has 0 amide bonds. The standard InChI is InChI=1S/C21H22ClN3O2/c1-14-10-20(25(24-14)19-5-3-4-17(22)12-19)8-9-21(27)11-16-6-7-18(13-26)23-15(16)2/h3-7,10,12,26H,8-9,11,13H2,1-2H3. The Balaban J connectivity index is 1.69. The van der Waals surface area contributed by atoms with E-state index in [2.05, 4.69) is 10.1 Å². The van der Waals surface area contributed by atoms with Gasteiger partial charge < -0.3 is 5.11 Å². The second-order valence-corrected chi connectivity index (χ2v) is 7.03. The molecule has 0 aliphatic heterocycles. The fraction of sp³-hybridized carbons (Fsp3) is 0.286. The van der Waals surface area contributed by atoms with Crippen LogP contribution in [0.1, 0.15) is 34.8 Å². The zero-order chi connectivity index (χ0) is 19.4. The van der Waals surface area contributed by atoms with E-state index in [0.29, 0.717) is 30.0 Å². The Bertz CT molecular complexity index is 966. The van der Waals surface area contributed by atoms with Gasteiger partial charge in [-0.1, -0.05) is 23.7 Å². The first-order chi connectivity index (χ1) is 13.0. The highest BCUT2D eigenvalue weighted by molar-refractivity contribution is 6.30. The van der Waals surface area contributed by atoms with Crippen molar-refractivity contribution in [1.82, 2.24) is 14.8 Å². The molecule has 0 unspecified atom stereocenters. The number of rotatable bonds is 7. The van der Waals surface area contributed by atoms with Gasteiger partial charge in [-0.05, 0) is 56.2 Å². The van der Waals surface area contributed by atoms with Gasteiger partial charge in [-0.15, -0.1) is 0 Å². The highest BCUT2D eigenvalue weighted by Gasteiger charge is 2.12. The molecule has 0 bridgehead atoms. The van der Waals surface area contributed by atoms with Crippen LogP contribution in [0.5, 0.6) is 0 Å². The van der Waals surface area contributed by atoms with Gasteiger partial charge >= 0.3 is 0 Å². The number of aryl methyl sites for hydroxylation is 3. The Labute approximate surface area is 163 Å². The van der Waals surface area contributed by atoms with E-state index < -0.39 is 0 Å². The number of ketones is 1. The molecule has 140 valence electrons. The first kappa shape index (κ1) is 19.3. The molecule has 1 N–H and O–H groups in total. The molecule has 3 rings (SSSR count). The molecule has 0 aliphatic carbocycles. The average molecular weight is 384 g/mol. The molecule has 2 aromatic heterocycles. The van der Waals surface area contributed by atoms with Crippen LogP contribution in [0.2, 0.25) is 5.02 Å². The Kier molecular flexibility index (Phi) is 6.04. The maximum absolute atomic E-state index is 12.5. The van der Waals surface area contributed by atoms with Gasteiger partial charge in [0.25, 0.3) is 0 Å². The van der Waals surface area contributed by atoms with Crippen LogP contribution in [-0.4, -0.2) is 25.7 Å². The van der Waals surface area contributed by atoms with Crippen molar-refractivity contribution in [2.75, 3.05) is 0 Å². The van der Waals surface area contributed by atoms with Crippen LogP contribution in [0, 0.1) is 13.8 Å². The molecule has 6 heteroatoms. The molecule has 2 heterocycles. The predicted molar refractivity (Wildman–Crippen MR) is 105 cm³/mol. The lowest BCUT2D eigenvalue weighted by molar-refractivity contribution is -0.118. The van der Waals surface area contributed by atoms with E-state index in [1.807, 2.05) is 54.9 Å². The monoisotopic (exact) mass is 383 g/mol. The molecule has 0 radical (unpaired) electrons. The van der Waals surface area contributed by atoms with E-state index in [-0.39, 0.29) is 12.4 Å². The molecule has 0 atom stereocenters. The highest BCUT2D eigenvalue weighted by atomic mass is 35.5. The minimum Gasteiger partial charge on any atom is -0.390 e. The third kappa shape index (κ3) is 4.81. The molecule has 27 heavy (non-hydrogen) atoms. The SMILES string of the molecule is Cc1cc(CCC(=O)Cc2ccc(CO)nc2C)n(-c2cccc(Cl)c2)n1. The molecular formula is C21H22ClN3O2. The van der Waals surface area contributed by atoms with Gasteiger partial charge in [0.1, 0.15) is 5.78 Å². The zero-order valence-corrected chi connectivity index (χ0v) is 16.2. The summed E-state index contributed by atoms with van der Waals surface area (Å²) in [6.07, 6.45) is 1.37. The number of carbonyl (C=O) groups excluding carboxylic acids is 1. The van der Waals surface area contributed by atoms with E-state index in [4.69, 9.17) is 16.7 Å². The van der Waals surface area contributed by atoms with E-state index >= 15 is 0 Å². The summed E-state index contributed by atoms with van der Waals surface area (Å²) in [7, 11) is 0. The first-order valence-electron chi connectivity index (χ1n) is 8.85. The number of aliphatic hydroxyl groups is 1. The summed E-state index contributed by atoms with van der Waals surface area (Å²) >= 11 is 6.09. The van der Waals surface area contributed by atoms with Crippen molar-refractivity contribution in [1.29, 1.82) is 0 Å². The van der Waals surface area contributed by atoms with Crippen molar-refractivity contribution in [3.63, 3.8) is 0 Å². The summed E-state index contributed by atoms with van der Waals surface area (Å²) in [5, 5.41) is 14.3. The topological polar surface area (TPSA) is 68.0 Å². The Morgan fingerprint density at radius 3 is 2.70 bits per heavy atom. The smallest absolute Gasteiger partial charge is 0.137 e. The number of Topliss-reactive ketones (excluding diaryl/α,β-unsaturated/α-hetero) is 1. The molecule has 0 spiro atoms. The minimum atomic E-state index is -0.0953. The third-order valence-electron chi connectivity index (χ3n) is 4.42.